The van der Waals surface area contributed by atoms with Crippen molar-refractivity contribution in [2.24, 2.45) is 0 Å². The van der Waals surface area contributed by atoms with Crippen molar-refractivity contribution in [1.29, 1.82) is 0 Å². The zero-order valence-corrected chi connectivity index (χ0v) is 13.9. The van der Waals surface area contributed by atoms with E-state index in [1.54, 1.807) is 10.9 Å². The van der Waals surface area contributed by atoms with E-state index in [0.717, 1.165) is 19.3 Å². The average Bonchev–Trinajstić information content (AvgIpc) is 3.04. The van der Waals surface area contributed by atoms with Gasteiger partial charge in [-0.25, -0.2) is 4.98 Å². The number of rotatable bonds is 2. The highest BCUT2D eigenvalue weighted by molar-refractivity contribution is 7.07. The predicted molar refractivity (Wildman–Crippen MR) is 84.0 cm³/mol. The fourth-order valence-electron chi connectivity index (χ4n) is 3.41. The number of likely N-dealkylation sites (tertiary alicyclic amines) is 1. The number of hydrogen-bond acceptors (Lipinski definition) is 6. The lowest BCUT2D eigenvalue weighted by atomic mass is 9.77. The zero-order chi connectivity index (χ0) is 15.8. The molecule has 0 aromatic carbocycles. The molecule has 0 unspecified atom stereocenters. The quantitative estimate of drug-likeness (QED) is 0.844. The summed E-state index contributed by atoms with van der Waals surface area (Å²) in [6.45, 7) is 3.49. The number of hydrogen-bond donors (Lipinski definition) is 2. The maximum Gasteiger partial charge on any atom is 0.273 e. The molecule has 2 aliphatic rings. The predicted octanol–water partition coefficient (Wildman–Crippen LogP) is 0.877. The van der Waals surface area contributed by atoms with Gasteiger partial charge in [0.05, 0.1) is 17.7 Å². The topological polar surface area (TPSA) is 74.7 Å². The molecule has 6 nitrogen and oxygen atoms in total. The zero-order valence-electron chi connectivity index (χ0n) is 13.0. The van der Waals surface area contributed by atoms with Crippen LogP contribution in [0.1, 0.15) is 36.7 Å². The minimum atomic E-state index is -0.840. The fraction of sp³-hybridized carbons (Fsp3) is 0.733. The average molecular weight is 325 g/mol. The largest absolute Gasteiger partial charge is 0.386 e. The van der Waals surface area contributed by atoms with Crippen LogP contribution in [0.3, 0.4) is 0 Å². The van der Waals surface area contributed by atoms with Crippen LogP contribution in [-0.2, 0) is 4.74 Å². The second-order valence-electron chi connectivity index (χ2n) is 6.54. The Bertz CT molecular complexity index is 524. The molecular formula is C15H23N3O3S. The van der Waals surface area contributed by atoms with Crippen molar-refractivity contribution in [1.82, 2.24) is 15.2 Å². The molecule has 1 spiro atoms. The summed E-state index contributed by atoms with van der Waals surface area (Å²) in [6.07, 6.45) is 2.38. The summed E-state index contributed by atoms with van der Waals surface area (Å²) in [5, 5.41) is 15.3. The molecule has 1 aromatic heterocycles. The molecular weight excluding hydrogens is 302 g/mol. The second kappa shape index (κ2) is 5.88. The summed E-state index contributed by atoms with van der Waals surface area (Å²) in [6, 6.07) is 0.0158. The van der Waals surface area contributed by atoms with E-state index in [2.05, 4.69) is 10.3 Å². The van der Waals surface area contributed by atoms with Crippen LogP contribution in [0.5, 0.6) is 0 Å². The van der Waals surface area contributed by atoms with Crippen LogP contribution in [0.15, 0.2) is 10.9 Å². The molecule has 2 fully saturated rings. The standard InChI is InChI=1S/C15H23N3O3S/c1-14(20)9-21-15(7-12(14)16-2)3-5-18(6-4-15)13(19)11-8-22-10-17-11/h8,10,12,16,20H,3-7,9H2,1-2H3/t12-,14-/m0/s1. The maximum absolute atomic E-state index is 12.3. The molecule has 3 heterocycles. The van der Waals surface area contributed by atoms with E-state index >= 15 is 0 Å². The van der Waals surface area contributed by atoms with E-state index in [-0.39, 0.29) is 17.6 Å². The van der Waals surface area contributed by atoms with Crippen LogP contribution in [-0.4, -0.2) is 64.9 Å². The van der Waals surface area contributed by atoms with E-state index in [1.165, 1.54) is 11.3 Å². The molecule has 2 N–H and O–H groups in total. The van der Waals surface area contributed by atoms with Crippen molar-refractivity contribution in [3.05, 3.63) is 16.6 Å². The first kappa shape index (κ1) is 15.9. The monoisotopic (exact) mass is 325 g/mol. The first-order valence-electron chi connectivity index (χ1n) is 7.67. The van der Waals surface area contributed by atoms with Crippen molar-refractivity contribution in [2.75, 3.05) is 26.7 Å². The van der Waals surface area contributed by atoms with Gasteiger partial charge < -0.3 is 20.1 Å². The lowest BCUT2D eigenvalue weighted by Gasteiger charge is -2.50. The van der Waals surface area contributed by atoms with Gasteiger partial charge in [0.25, 0.3) is 5.91 Å². The molecule has 2 atom stereocenters. The van der Waals surface area contributed by atoms with Crippen molar-refractivity contribution in [3.8, 4) is 0 Å². The van der Waals surface area contributed by atoms with Gasteiger partial charge in [0.15, 0.2) is 0 Å². The van der Waals surface area contributed by atoms with Crippen LogP contribution < -0.4 is 5.32 Å². The summed E-state index contributed by atoms with van der Waals surface area (Å²) < 4.78 is 6.03. The Morgan fingerprint density at radius 2 is 2.27 bits per heavy atom. The Morgan fingerprint density at radius 1 is 1.55 bits per heavy atom. The molecule has 1 amide bonds. The minimum Gasteiger partial charge on any atom is -0.386 e. The summed E-state index contributed by atoms with van der Waals surface area (Å²) in [7, 11) is 1.87. The van der Waals surface area contributed by atoms with Gasteiger partial charge in [-0.3, -0.25) is 4.79 Å². The van der Waals surface area contributed by atoms with Gasteiger partial charge >= 0.3 is 0 Å². The number of piperidine rings is 1. The lowest BCUT2D eigenvalue weighted by molar-refractivity contribution is -0.189. The first-order valence-corrected chi connectivity index (χ1v) is 8.61. The van der Waals surface area contributed by atoms with Gasteiger partial charge in [0.2, 0.25) is 0 Å². The van der Waals surface area contributed by atoms with E-state index < -0.39 is 5.60 Å². The van der Waals surface area contributed by atoms with Gasteiger partial charge in [-0.1, -0.05) is 0 Å². The molecule has 122 valence electrons. The van der Waals surface area contributed by atoms with Gasteiger partial charge in [-0.15, -0.1) is 11.3 Å². The molecule has 1 aromatic rings. The highest BCUT2D eigenvalue weighted by Gasteiger charge is 2.48. The molecule has 0 saturated carbocycles. The molecule has 22 heavy (non-hydrogen) atoms. The molecule has 7 heteroatoms. The Balaban J connectivity index is 1.63. The number of nitrogens with one attached hydrogen (secondary N) is 1. The highest BCUT2D eigenvalue weighted by Crippen LogP contribution is 2.38. The SMILES string of the molecule is CN[C@H]1CC2(CCN(C(=O)c3cscn3)CC2)OC[C@]1(C)O. The maximum atomic E-state index is 12.3. The van der Waals surface area contributed by atoms with E-state index in [4.69, 9.17) is 4.74 Å². The highest BCUT2D eigenvalue weighted by atomic mass is 32.1. The van der Waals surface area contributed by atoms with Crippen LogP contribution in [0, 0.1) is 0 Å². The third-order valence-electron chi connectivity index (χ3n) is 4.96. The van der Waals surface area contributed by atoms with Gasteiger partial charge in [-0.05, 0) is 33.2 Å². The number of aliphatic hydroxyl groups is 1. The van der Waals surface area contributed by atoms with Crippen LogP contribution in [0.4, 0.5) is 0 Å². The van der Waals surface area contributed by atoms with Crippen molar-refractivity contribution in [2.45, 2.75) is 43.4 Å². The summed E-state index contributed by atoms with van der Waals surface area (Å²) in [4.78, 5) is 18.3. The molecule has 2 aliphatic heterocycles. The van der Waals surface area contributed by atoms with E-state index in [9.17, 15) is 9.90 Å². The molecule has 0 bridgehead atoms. The van der Waals surface area contributed by atoms with Gasteiger partial charge in [0.1, 0.15) is 11.3 Å². The molecule has 2 saturated heterocycles. The number of thiazole rings is 1. The number of carbonyl (C=O) groups excluding carboxylic acids is 1. The van der Waals surface area contributed by atoms with Crippen LogP contribution in [0.25, 0.3) is 0 Å². The third kappa shape index (κ3) is 2.90. The Morgan fingerprint density at radius 3 is 2.86 bits per heavy atom. The number of likely N-dealkylation sites (N-methyl/N-ethyl adjacent to an activating group) is 1. The summed E-state index contributed by atoms with van der Waals surface area (Å²) in [5.74, 6) is 0.00377. The minimum absolute atomic E-state index is 0.00377. The van der Waals surface area contributed by atoms with Crippen LogP contribution in [0.2, 0.25) is 0 Å². The third-order valence-corrected chi connectivity index (χ3v) is 5.55. The normalized spacial score (nSPS) is 31.4. The number of nitrogens with zero attached hydrogens (tertiary/aromatic N) is 2. The van der Waals surface area contributed by atoms with E-state index in [0.29, 0.717) is 25.4 Å². The second-order valence-corrected chi connectivity index (χ2v) is 7.26. The summed E-state index contributed by atoms with van der Waals surface area (Å²) in [5.41, 5.74) is 1.15. The first-order chi connectivity index (χ1) is 10.5. The van der Waals surface area contributed by atoms with Crippen molar-refractivity contribution in [3.63, 3.8) is 0 Å². The number of aromatic nitrogens is 1. The Labute approximate surface area is 134 Å². The Hall–Kier alpha value is -1.02. The van der Waals surface area contributed by atoms with Gasteiger partial charge in [0, 0.05) is 24.5 Å². The van der Waals surface area contributed by atoms with Crippen molar-refractivity contribution < 1.29 is 14.6 Å². The number of carbonyl (C=O) groups is 1. The molecule has 3 rings (SSSR count). The van der Waals surface area contributed by atoms with Crippen LogP contribution >= 0.6 is 11.3 Å². The van der Waals surface area contributed by atoms with E-state index in [1.807, 2.05) is 18.9 Å². The molecule has 0 aliphatic carbocycles. The van der Waals surface area contributed by atoms with Crippen molar-refractivity contribution >= 4 is 17.2 Å². The number of amides is 1. The Kier molecular flexibility index (Phi) is 4.24. The summed E-state index contributed by atoms with van der Waals surface area (Å²) >= 11 is 1.44. The smallest absolute Gasteiger partial charge is 0.273 e. The fourth-order valence-corrected chi connectivity index (χ4v) is 3.94. The number of ether oxygens (including phenoxy) is 1. The lowest BCUT2D eigenvalue weighted by Crippen LogP contribution is -2.62. The van der Waals surface area contributed by atoms with Gasteiger partial charge in [-0.2, -0.15) is 0 Å². The molecule has 0 radical (unpaired) electrons.